The molecule has 0 amide bonds. The fourth-order valence-electron chi connectivity index (χ4n) is 2.11. The number of nitrogens with zero attached hydrogens (tertiary/aromatic N) is 2. The smallest absolute Gasteiger partial charge is 0.0535 e. The van der Waals surface area contributed by atoms with Crippen molar-refractivity contribution in [3.8, 4) is 0 Å². The maximum atomic E-state index is 5.91. The van der Waals surface area contributed by atoms with E-state index in [0.717, 1.165) is 5.69 Å². The highest BCUT2D eigenvalue weighted by molar-refractivity contribution is 5.46. The molecule has 1 aliphatic rings. The highest BCUT2D eigenvalue weighted by Gasteiger charge is 2.19. The van der Waals surface area contributed by atoms with Crippen molar-refractivity contribution in [1.29, 1.82) is 0 Å². The minimum absolute atomic E-state index is 0.634. The zero-order valence-corrected chi connectivity index (χ0v) is 8.61. The number of pyridine rings is 1. The number of anilines is 1. The number of likely N-dealkylation sites (tertiary alicyclic amines) is 1. The van der Waals surface area contributed by atoms with Gasteiger partial charge < -0.3 is 10.6 Å². The average Bonchev–Trinajstić information content (AvgIpc) is 2.20. The Morgan fingerprint density at radius 3 is 2.79 bits per heavy atom. The largest absolute Gasteiger partial charge is 0.397 e. The molecule has 1 saturated heterocycles. The van der Waals surface area contributed by atoms with E-state index in [1.54, 1.807) is 6.20 Å². The molecule has 2 heterocycles. The summed E-state index contributed by atoms with van der Waals surface area (Å²) in [5.74, 6) is 0.634. The van der Waals surface area contributed by atoms with Gasteiger partial charge in [-0.25, -0.2) is 0 Å². The van der Waals surface area contributed by atoms with Crippen molar-refractivity contribution in [3.05, 3.63) is 24.0 Å². The minimum atomic E-state index is 0.634. The monoisotopic (exact) mass is 191 g/mol. The van der Waals surface area contributed by atoms with E-state index in [2.05, 4.69) is 23.0 Å². The highest BCUT2D eigenvalue weighted by Crippen LogP contribution is 2.30. The first-order chi connectivity index (χ1) is 6.77. The van der Waals surface area contributed by atoms with E-state index in [1.807, 2.05) is 6.20 Å². The molecule has 0 radical (unpaired) electrons. The van der Waals surface area contributed by atoms with Crippen LogP contribution in [-0.4, -0.2) is 30.0 Å². The van der Waals surface area contributed by atoms with Crippen LogP contribution in [0.5, 0.6) is 0 Å². The molecular formula is C11H17N3. The van der Waals surface area contributed by atoms with E-state index in [9.17, 15) is 0 Å². The van der Waals surface area contributed by atoms with Crippen LogP contribution < -0.4 is 5.73 Å². The summed E-state index contributed by atoms with van der Waals surface area (Å²) < 4.78 is 0. The van der Waals surface area contributed by atoms with Crippen LogP contribution in [0.1, 0.15) is 24.3 Å². The molecule has 0 atom stereocenters. The maximum absolute atomic E-state index is 5.91. The van der Waals surface area contributed by atoms with E-state index in [-0.39, 0.29) is 0 Å². The zero-order chi connectivity index (χ0) is 9.97. The Labute approximate surface area is 84.9 Å². The summed E-state index contributed by atoms with van der Waals surface area (Å²) in [6.45, 7) is 2.35. The number of hydrogen-bond acceptors (Lipinski definition) is 3. The van der Waals surface area contributed by atoms with Gasteiger partial charge in [0.25, 0.3) is 0 Å². The van der Waals surface area contributed by atoms with Crippen molar-refractivity contribution in [3.63, 3.8) is 0 Å². The normalized spacial score (nSPS) is 19.8. The number of nitrogen functional groups attached to an aromatic ring is 1. The van der Waals surface area contributed by atoms with E-state index in [4.69, 9.17) is 5.73 Å². The second-order valence-electron chi connectivity index (χ2n) is 4.08. The molecule has 0 bridgehead atoms. The molecule has 3 heteroatoms. The van der Waals surface area contributed by atoms with Crippen molar-refractivity contribution >= 4 is 5.69 Å². The quantitative estimate of drug-likeness (QED) is 0.731. The van der Waals surface area contributed by atoms with Gasteiger partial charge in [0.1, 0.15) is 0 Å². The highest BCUT2D eigenvalue weighted by atomic mass is 15.1. The Balaban J connectivity index is 2.12. The summed E-state index contributed by atoms with van der Waals surface area (Å²) >= 11 is 0. The van der Waals surface area contributed by atoms with Gasteiger partial charge in [0.05, 0.1) is 11.9 Å². The van der Waals surface area contributed by atoms with Crippen LogP contribution in [0.3, 0.4) is 0 Å². The van der Waals surface area contributed by atoms with E-state index in [0.29, 0.717) is 5.92 Å². The summed E-state index contributed by atoms with van der Waals surface area (Å²) in [4.78, 5) is 6.39. The fraction of sp³-hybridized carbons (Fsp3) is 0.545. The van der Waals surface area contributed by atoms with Gasteiger partial charge in [-0.15, -0.1) is 0 Å². The standard InChI is InChI=1S/C11H17N3/c1-14-6-3-9(4-7-14)10-2-5-13-8-11(10)12/h2,5,8-9H,3-4,6-7,12H2,1H3. The molecule has 1 aromatic heterocycles. The van der Waals surface area contributed by atoms with Crippen LogP contribution in [0.25, 0.3) is 0 Å². The average molecular weight is 191 g/mol. The molecule has 1 aliphatic heterocycles. The van der Waals surface area contributed by atoms with Crippen LogP contribution in [0, 0.1) is 0 Å². The summed E-state index contributed by atoms with van der Waals surface area (Å²) in [7, 11) is 2.17. The second kappa shape index (κ2) is 3.96. The lowest BCUT2D eigenvalue weighted by Gasteiger charge is -2.29. The Kier molecular flexibility index (Phi) is 2.68. The number of aromatic nitrogens is 1. The summed E-state index contributed by atoms with van der Waals surface area (Å²) in [6.07, 6.45) is 6.02. The van der Waals surface area contributed by atoms with Crippen LogP contribution in [0.2, 0.25) is 0 Å². The van der Waals surface area contributed by atoms with Crippen LogP contribution in [0.4, 0.5) is 5.69 Å². The predicted octanol–water partition coefficient (Wildman–Crippen LogP) is 1.47. The summed E-state index contributed by atoms with van der Waals surface area (Å²) in [6, 6.07) is 2.06. The molecule has 0 spiro atoms. The number of hydrogen-bond donors (Lipinski definition) is 1. The minimum Gasteiger partial charge on any atom is -0.397 e. The van der Waals surface area contributed by atoms with Gasteiger partial charge in [-0.2, -0.15) is 0 Å². The first-order valence-electron chi connectivity index (χ1n) is 5.15. The Hall–Kier alpha value is -1.09. The molecule has 14 heavy (non-hydrogen) atoms. The van der Waals surface area contributed by atoms with Crippen LogP contribution in [0.15, 0.2) is 18.5 Å². The molecule has 1 fully saturated rings. The topological polar surface area (TPSA) is 42.2 Å². The lowest BCUT2D eigenvalue weighted by molar-refractivity contribution is 0.255. The van der Waals surface area contributed by atoms with Gasteiger partial charge >= 0.3 is 0 Å². The van der Waals surface area contributed by atoms with Crippen LogP contribution >= 0.6 is 0 Å². The number of piperidine rings is 1. The van der Waals surface area contributed by atoms with Gasteiger partial charge in [-0.1, -0.05) is 0 Å². The van der Waals surface area contributed by atoms with Crippen LogP contribution in [-0.2, 0) is 0 Å². The van der Waals surface area contributed by atoms with Crippen molar-refractivity contribution in [2.75, 3.05) is 25.9 Å². The van der Waals surface area contributed by atoms with E-state index in [1.165, 1.54) is 31.5 Å². The molecule has 0 aliphatic carbocycles. The van der Waals surface area contributed by atoms with Gasteiger partial charge in [-0.3, -0.25) is 4.98 Å². The van der Waals surface area contributed by atoms with Gasteiger partial charge in [0.2, 0.25) is 0 Å². The first-order valence-corrected chi connectivity index (χ1v) is 5.15. The van der Waals surface area contributed by atoms with Crippen molar-refractivity contribution in [1.82, 2.24) is 9.88 Å². The molecule has 2 N–H and O–H groups in total. The van der Waals surface area contributed by atoms with Crippen molar-refractivity contribution < 1.29 is 0 Å². The molecular weight excluding hydrogens is 174 g/mol. The maximum Gasteiger partial charge on any atom is 0.0535 e. The second-order valence-corrected chi connectivity index (χ2v) is 4.08. The van der Waals surface area contributed by atoms with Crippen molar-refractivity contribution in [2.45, 2.75) is 18.8 Å². The van der Waals surface area contributed by atoms with Gasteiger partial charge in [0, 0.05) is 6.20 Å². The molecule has 1 aromatic rings. The summed E-state index contributed by atoms with van der Waals surface area (Å²) in [5.41, 5.74) is 8.04. The van der Waals surface area contributed by atoms with E-state index < -0.39 is 0 Å². The molecule has 3 nitrogen and oxygen atoms in total. The van der Waals surface area contributed by atoms with E-state index >= 15 is 0 Å². The third-order valence-corrected chi connectivity index (χ3v) is 3.05. The lowest BCUT2D eigenvalue weighted by atomic mass is 9.89. The molecule has 0 aromatic carbocycles. The molecule has 0 saturated carbocycles. The zero-order valence-electron chi connectivity index (χ0n) is 8.61. The SMILES string of the molecule is CN1CCC(c2ccncc2N)CC1. The third kappa shape index (κ3) is 1.87. The lowest BCUT2D eigenvalue weighted by Crippen LogP contribution is -2.29. The molecule has 76 valence electrons. The number of rotatable bonds is 1. The predicted molar refractivity (Wildman–Crippen MR) is 58.1 cm³/mol. The van der Waals surface area contributed by atoms with Gasteiger partial charge in [-0.05, 0) is 50.5 Å². The Bertz CT molecular complexity index is 303. The van der Waals surface area contributed by atoms with Crippen molar-refractivity contribution in [2.24, 2.45) is 0 Å². The molecule has 2 rings (SSSR count). The summed E-state index contributed by atoms with van der Waals surface area (Å²) in [5, 5.41) is 0. The Morgan fingerprint density at radius 1 is 1.43 bits per heavy atom. The van der Waals surface area contributed by atoms with Gasteiger partial charge in [0.15, 0.2) is 0 Å². The fourth-order valence-corrected chi connectivity index (χ4v) is 2.11. The third-order valence-electron chi connectivity index (χ3n) is 3.05. The Morgan fingerprint density at radius 2 is 2.14 bits per heavy atom. The molecule has 0 unspecified atom stereocenters. The number of nitrogens with two attached hydrogens (primary N) is 1. The first kappa shape index (κ1) is 9.46.